The number of hydrogen-bond donors (Lipinski definition) is 1. The molecule has 0 spiro atoms. The number of aryl methyl sites for hydroxylation is 1. The summed E-state index contributed by atoms with van der Waals surface area (Å²) in [6.07, 6.45) is -13.9. The zero-order valence-electron chi connectivity index (χ0n) is 12.7. The van der Waals surface area contributed by atoms with E-state index in [4.69, 9.17) is 0 Å². The van der Waals surface area contributed by atoms with Gasteiger partial charge in [-0.1, -0.05) is 12.1 Å². The van der Waals surface area contributed by atoms with Gasteiger partial charge in [-0.15, -0.1) is 11.3 Å². The minimum Gasteiger partial charge on any atom is -0.426 e. The number of carbonyl (C=O) groups is 1. The van der Waals surface area contributed by atoms with Gasteiger partial charge in [0.25, 0.3) is 5.91 Å². The van der Waals surface area contributed by atoms with Gasteiger partial charge in [0.2, 0.25) is 0 Å². The molecule has 4 nitrogen and oxygen atoms in total. The van der Waals surface area contributed by atoms with Crippen LogP contribution in [0.15, 0.2) is 24.3 Å². The van der Waals surface area contributed by atoms with Crippen molar-refractivity contribution in [2.45, 2.75) is 25.6 Å². The number of benzene rings is 1. The summed E-state index contributed by atoms with van der Waals surface area (Å²) in [5, 5.41) is 1.90. The van der Waals surface area contributed by atoms with E-state index < -0.39 is 46.6 Å². The lowest BCUT2D eigenvalue weighted by Crippen LogP contribution is -2.33. The molecule has 12 heteroatoms. The number of halogens is 7. The largest absolute Gasteiger partial charge is 0.461 e. The Morgan fingerprint density at radius 2 is 1.81 bits per heavy atom. The first-order valence-corrected chi connectivity index (χ1v) is 7.53. The number of hydrogen-bond acceptors (Lipinski definition) is 4. The van der Waals surface area contributed by atoms with Gasteiger partial charge in [-0.2, -0.15) is 30.7 Å². The van der Waals surface area contributed by atoms with Gasteiger partial charge in [0, 0.05) is 0 Å². The van der Waals surface area contributed by atoms with Crippen LogP contribution in [0.25, 0.3) is 0 Å². The van der Waals surface area contributed by atoms with Crippen LogP contribution in [0.3, 0.4) is 0 Å². The van der Waals surface area contributed by atoms with E-state index in [2.05, 4.69) is 9.72 Å². The van der Waals surface area contributed by atoms with Crippen LogP contribution in [0.1, 0.15) is 20.4 Å². The number of aromatic nitrogens is 1. The van der Waals surface area contributed by atoms with Crippen molar-refractivity contribution in [1.29, 1.82) is 0 Å². The third-order valence-electron chi connectivity index (χ3n) is 2.84. The lowest BCUT2D eigenvalue weighted by molar-refractivity contribution is -0.252. The van der Waals surface area contributed by atoms with E-state index in [9.17, 15) is 35.5 Å². The number of anilines is 1. The first-order chi connectivity index (χ1) is 11.9. The number of nitrogens with zero attached hydrogens (tertiary/aromatic N) is 1. The van der Waals surface area contributed by atoms with E-state index in [1.807, 2.05) is 5.32 Å². The summed E-state index contributed by atoms with van der Waals surface area (Å²) in [6.45, 7) is 1.25. The Kier molecular flexibility index (Phi) is 5.44. The number of amides is 1. The molecule has 142 valence electrons. The average Bonchev–Trinajstić information content (AvgIpc) is 2.91. The van der Waals surface area contributed by atoms with Crippen LogP contribution in [0.2, 0.25) is 0 Å². The monoisotopic (exact) mass is 402 g/mol. The number of para-hydroxylation sites is 2. The number of alkyl halides is 7. The zero-order chi connectivity index (χ0) is 19.7. The third-order valence-corrected chi connectivity index (χ3v) is 3.81. The molecular formula is C14H9F7N2O2S. The van der Waals surface area contributed by atoms with Crippen molar-refractivity contribution in [2.75, 3.05) is 5.32 Å². The van der Waals surface area contributed by atoms with Crippen molar-refractivity contribution in [3.05, 3.63) is 39.8 Å². The number of carbonyl (C=O) groups excluding carboxylic acids is 1. The number of thiazole rings is 1. The summed E-state index contributed by atoms with van der Waals surface area (Å²) in [4.78, 5) is 14.5. The van der Waals surface area contributed by atoms with Crippen molar-refractivity contribution < 1.29 is 40.3 Å². The standard InChI is InChI=1S/C14H9F7N2O2S/c1-6-22-10(13(17,18)19)9(26-6)11(24)23-7-4-2-3-5-8(7)25-14(20,21)12(15)16/h2-5,12H,1H3,(H,23,24). The van der Waals surface area contributed by atoms with E-state index in [-0.39, 0.29) is 5.01 Å². The molecule has 0 aliphatic carbocycles. The van der Waals surface area contributed by atoms with E-state index in [1.54, 1.807) is 0 Å². The molecule has 1 aromatic heterocycles. The highest BCUT2D eigenvalue weighted by Gasteiger charge is 2.44. The molecule has 0 saturated heterocycles. The van der Waals surface area contributed by atoms with Crippen LogP contribution in [-0.4, -0.2) is 23.4 Å². The minimum atomic E-state index is -4.91. The predicted octanol–water partition coefficient (Wildman–Crippen LogP) is 4.96. The lowest BCUT2D eigenvalue weighted by Gasteiger charge is -2.19. The normalized spacial score (nSPS) is 12.3. The second-order valence-corrected chi connectivity index (χ2v) is 6.03. The molecule has 0 aliphatic heterocycles. The van der Waals surface area contributed by atoms with Gasteiger partial charge < -0.3 is 10.1 Å². The predicted molar refractivity (Wildman–Crippen MR) is 77.8 cm³/mol. The van der Waals surface area contributed by atoms with Crippen LogP contribution in [0, 0.1) is 6.92 Å². The van der Waals surface area contributed by atoms with Gasteiger partial charge in [-0.25, -0.2) is 4.98 Å². The second kappa shape index (κ2) is 7.09. The second-order valence-electron chi connectivity index (χ2n) is 4.82. The highest BCUT2D eigenvalue weighted by atomic mass is 32.1. The van der Waals surface area contributed by atoms with E-state index in [0.717, 1.165) is 18.2 Å². The van der Waals surface area contributed by atoms with Crippen molar-refractivity contribution >= 4 is 22.9 Å². The quantitative estimate of drug-likeness (QED) is 0.720. The Hall–Kier alpha value is -2.37. The average molecular weight is 402 g/mol. The summed E-state index contributed by atoms with van der Waals surface area (Å²) in [7, 11) is 0. The molecule has 1 N–H and O–H groups in total. The molecular weight excluding hydrogens is 393 g/mol. The summed E-state index contributed by atoms with van der Waals surface area (Å²) in [6, 6.07) is 4.26. The van der Waals surface area contributed by atoms with Gasteiger partial charge >= 0.3 is 18.7 Å². The fourth-order valence-electron chi connectivity index (χ4n) is 1.80. The molecule has 0 atom stereocenters. The van der Waals surface area contributed by atoms with Crippen LogP contribution >= 0.6 is 11.3 Å². The lowest BCUT2D eigenvalue weighted by atomic mass is 10.2. The van der Waals surface area contributed by atoms with Gasteiger partial charge in [0.15, 0.2) is 5.69 Å². The molecule has 26 heavy (non-hydrogen) atoms. The molecule has 0 bridgehead atoms. The molecule has 0 radical (unpaired) electrons. The summed E-state index contributed by atoms with van der Waals surface area (Å²) in [5.41, 5.74) is -1.94. The molecule has 1 aromatic carbocycles. The number of rotatable bonds is 5. The number of nitrogens with one attached hydrogen (secondary N) is 1. The third kappa shape index (κ3) is 4.42. The highest BCUT2D eigenvalue weighted by Crippen LogP contribution is 2.36. The molecule has 2 aromatic rings. The highest BCUT2D eigenvalue weighted by molar-refractivity contribution is 7.13. The fraction of sp³-hybridized carbons (Fsp3) is 0.286. The zero-order valence-corrected chi connectivity index (χ0v) is 13.5. The Bertz CT molecular complexity index is 805. The molecule has 1 amide bonds. The molecule has 0 fully saturated rings. The minimum absolute atomic E-state index is 0.0451. The van der Waals surface area contributed by atoms with Crippen LogP contribution in [0.5, 0.6) is 5.75 Å². The van der Waals surface area contributed by atoms with Crippen LogP contribution in [0.4, 0.5) is 36.4 Å². The topological polar surface area (TPSA) is 51.2 Å². The van der Waals surface area contributed by atoms with Gasteiger partial charge in [0.05, 0.1) is 10.7 Å². The Balaban J connectivity index is 2.32. The molecule has 0 saturated carbocycles. The van der Waals surface area contributed by atoms with Crippen molar-refractivity contribution in [3.63, 3.8) is 0 Å². The summed E-state index contributed by atoms with van der Waals surface area (Å²) in [5.74, 6) is -2.12. The van der Waals surface area contributed by atoms with E-state index >= 15 is 0 Å². The van der Waals surface area contributed by atoms with Crippen LogP contribution < -0.4 is 10.1 Å². The Morgan fingerprint density at radius 1 is 1.19 bits per heavy atom. The van der Waals surface area contributed by atoms with E-state index in [1.165, 1.54) is 13.0 Å². The smallest absolute Gasteiger partial charge is 0.426 e. The molecule has 0 unspecified atom stereocenters. The van der Waals surface area contributed by atoms with Gasteiger partial charge in [0.1, 0.15) is 10.6 Å². The molecule has 1 heterocycles. The first-order valence-electron chi connectivity index (χ1n) is 6.72. The SMILES string of the molecule is Cc1nc(C(F)(F)F)c(C(=O)Nc2ccccc2OC(F)(F)C(F)F)s1. The summed E-state index contributed by atoms with van der Waals surface area (Å²) < 4.78 is 93.2. The maximum absolute atomic E-state index is 13.1. The maximum Gasteiger partial charge on any atom is 0.461 e. The van der Waals surface area contributed by atoms with Crippen molar-refractivity contribution in [2.24, 2.45) is 0 Å². The van der Waals surface area contributed by atoms with E-state index in [0.29, 0.717) is 11.3 Å². The van der Waals surface area contributed by atoms with Crippen molar-refractivity contribution in [3.8, 4) is 5.75 Å². The van der Waals surface area contributed by atoms with Gasteiger partial charge in [-0.05, 0) is 19.1 Å². The fourth-order valence-corrected chi connectivity index (χ4v) is 2.64. The Labute approximate surface area is 145 Å². The van der Waals surface area contributed by atoms with Crippen molar-refractivity contribution in [1.82, 2.24) is 4.98 Å². The Morgan fingerprint density at radius 3 is 2.38 bits per heavy atom. The van der Waals surface area contributed by atoms with Crippen LogP contribution in [-0.2, 0) is 6.18 Å². The molecule has 2 rings (SSSR count). The molecule has 0 aliphatic rings. The first kappa shape index (κ1) is 19.9. The summed E-state index contributed by atoms with van der Waals surface area (Å²) >= 11 is 0.440. The maximum atomic E-state index is 13.1. The van der Waals surface area contributed by atoms with Gasteiger partial charge in [-0.3, -0.25) is 4.79 Å². The number of ether oxygens (including phenoxy) is 1.